The highest BCUT2D eigenvalue weighted by Gasteiger charge is 2.57. The number of alkyl halides is 2. The fourth-order valence-electron chi connectivity index (χ4n) is 4.19. The van der Waals surface area contributed by atoms with E-state index in [4.69, 9.17) is 16.9 Å². The highest BCUT2D eigenvalue weighted by Crippen LogP contribution is 2.34. The Labute approximate surface area is 203 Å². The van der Waals surface area contributed by atoms with Crippen LogP contribution in [0, 0.1) is 11.3 Å². The summed E-state index contributed by atoms with van der Waals surface area (Å²) >= 11 is 6.07. The number of nitrogens with one attached hydrogen (secondary N) is 1. The van der Waals surface area contributed by atoms with Gasteiger partial charge < -0.3 is 10.2 Å². The van der Waals surface area contributed by atoms with Gasteiger partial charge in [0.1, 0.15) is 0 Å². The molecule has 1 fully saturated rings. The van der Waals surface area contributed by atoms with Gasteiger partial charge in [0, 0.05) is 16.6 Å². The highest BCUT2D eigenvalue weighted by molar-refractivity contribution is 6.31. The summed E-state index contributed by atoms with van der Waals surface area (Å²) in [6.45, 7) is -1.33. The summed E-state index contributed by atoms with van der Waals surface area (Å²) in [5.41, 5.74) is 2.69. The van der Waals surface area contributed by atoms with Crippen LogP contribution < -0.4 is 5.32 Å². The molecular formula is C26H17ClF2N4O2. The van der Waals surface area contributed by atoms with Gasteiger partial charge in [-0.3, -0.25) is 14.6 Å². The fourth-order valence-corrected chi connectivity index (χ4v) is 4.37. The third-order valence-electron chi connectivity index (χ3n) is 6.06. The largest absolute Gasteiger partial charge is 0.343 e. The van der Waals surface area contributed by atoms with Gasteiger partial charge in [-0.2, -0.15) is 5.26 Å². The molecule has 174 valence electrons. The smallest absolute Gasteiger partial charge is 0.298 e. The molecule has 3 aromatic carbocycles. The standard InChI is InChI=1S/C26H17ClF2N4O2/c27-19-5-3-16-9-15(1-2-17(16)10-19)18-4-6-22-21(11-18)20(7-8-31-22)25(35)32-13-24(34)33-14-26(28,29)23(33)12-30/h1-11,23H,13-14H2,(H,32,35). The number of likely N-dealkylation sites (tertiary alicyclic amines) is 1. The van der Waals surface area contributed by atoms with Crippen LogP contribution in [0.3, 0.4) is 0 Å². The number of pyridine rings is 1. The van der Waals surface area contributed by atoms with Crippen molar-refractivity contribution >= 4 is 45.1 Å². The second-order valence-electron chi connectivity index (χ2n) is 8.29. The third kappa shape index (κ3) is 4.15. The number of benzene rings is 3. The normalized spacial score (nSPS) is 16.5. The molecule has 1 aliphatic rings. The summed E-state index contributed by atoms with van der Waals surface area (Å²) in [4.78, 5) is 30.2. The lowest BCUT2D eigenvalue weighted by Crippen LogP contribution is -2.67. The number of fused-ring (bicyclic) bond motifs is 2. The van der Waals surface area contributed by atoms with Gasteiger partial charge in [-0.1, -0.05) is 35.9 Å². The molecular weight excluding hydrogens is 474 g/mol. The van der Waals surface area contributed by atoms with Gasteiger partial charge in [0.05, 0.1) is 30.2 Å². The minimum absolute atomic E-state index is 0.294. The van der Waals surface area contributed by atoms with Crippen molar-refractivity contribution in [2.45, 2.75) is 12.0 Å². The molecule has 5 rings (SSSR count). The highest BCUT2D eigenvalue weighted by atomic mass is 35.5. The van der Waals surface area contributed by atoms with E-state index >= 15 is 0 Å². The summed E-state index contributed by atoms with van der Waals surface area (Å²) in [7, 11) is 0. The van der Waals surface area contributed by atoms with E-state index in [2.05, 4.69) is 10.3 Å². The van der Waals surface area contributed by atoms with E-state index < -0.39 is 36.9 Å². The Bertz CT molecular complexity index is 1550. The molecule has 1 aliphatic heterocycles. The Morgan fingerprint density at radius 3 is 2.57 bits per heavy atom. The second-order valence-corrected chi connectivity index (χ2v) is 8.73. The number of nitriles is 1. The van der Waals surface area contributed by atoms with E-state index in [9.17, 15) is 18.4 Å². The molecule has 1 saturated heterocycles. The number of hydrogen-bond donors (Lipinski definition) is 1. The van der Waals surface area contributed by atoms with Crippen molar-refractivity contribution in [3.05, 3.63) is 77.4 Å². The molecule has 1 N–H and O–H groups in total. The van der Waals surface area contributed by atoms with Crippen LogP contribution in [-0.4, -0.2) is 46.8 Å². The number of halogens is 3. The monoisotopic (exact) mass is 490 g/mol. The number of amides is 2. The Hall–Kier alpha value is -4.09. The van der Waals surface area contributed by atoms with Gasteiger partial charge in [0.15, 0.2) is 6.04 Å². The van der Waals surface area contributed by atoms with E-state index in [1.165, 1.54) is 18.3 Å². The third-order valence-corrected chi connectivity index (χ3v) is 6.29. The molecule has 2 amide bonds. The zero-order valence-electron chi connectivity index (χ0n) is 18.1. The van der Waals surface area contributed by atoms with Crippen molar-refractivity contribution in [3.63, 3.8) is 0 Å². The topological polar surface area (TPSA) is 86.1 Å². The molecule has 0 radical (unpaired) electrons. The number of carbonyl (C=O) groups is 2. The first-order chi connectivity index (χ1) is 16.8. The van der Waals surface area contributed by atoms with E-state index in [1.54, 1.807) is 6.07 Å². The average Bonchev–Trinajstić information content (AvgIpc) is 2.85. The maximum atomic E-state index is 13.4. The van der Waals surface area contributed by atoms with E-state index in [0.717, 1.165) is 26.8 Å². The first-order valence-corrected chi connectivity index (χ1v) is 11.1. The summed E-state index contributed by atoms with van der Waals surface area (Å²) in [5.74, 6) is -4.52. The minimum atomic E-state index is -3.23. The second kappa shape index (κ2) is 8.60. The van der Waals surface area contributed by atoms with Gasteiger partial charge in [-0.15, -0.1) is 0 Å². The van der Waals surface area contributed by atoms with Gasteiger partial charge in [-0.05, 0) is 58.3 Å². The predicted molar refractivity (Wildman–Crippen MR) is 128 cm³/mol. The van der Waals surface area contributed by atoms with Crippen LogP contribution in [0.25, 0.3) is 32.8 Å². The fraction of sp³-hybridized carbons (Fsp3) is 0.154. The van der Waals surface area contributed by atoms with Crippen LogP contribution in [0.15, 0.2) is 66.9 Å². The van der Waals surface area contributed by atoms with E-state index in [1.807, 2.05) is 48.5 Å². The molecule has 9 heteroatoms. The zero-order chi connectivity index (χ0) is 24.7. The number of hydrogen-bond acceptors (Lipinski definition) is 4. The minimum Gasteiger partial charge on any atom is -0.343 e. The van der Waals surface area contributed by atoms with Crippen LogP contribution in [0.1, 0.15) is 10.4 Å². The van der Waals surface area contributed by atoms with E-state index in [0.29, 0.717) is 21.5 Å². The molecule has 35 heavy (non-hydrogen) atoms. The maximum Gasteiger partial charge on any atom is 0.298 e. The quantitative estimate of drug-likeness (QED) is 0.445. The summed E-state index contributed by atoms with van der Waals surface area (Å²) in [6.07, 6.45) is 1.49. The molecule has 0 spiro atoms. The van der Waals surface area contributed by atoms with Crippen LogP contribution in [0.2, 0.25) is 5.02 Å². The molecule has 0 bridgehead atoms. The Kier molecular flexibility index (Phi) is 5.58. The Morgan fingerprint density at radius 2 is 1.80 bits per heavy atom. The lowest BCUT2D eigenvalue weighted by Gasteiger charge is -2.43. The Morgan fingerprint density at radius 1 is 1.09 bits per heavy atom. The lowest BCUT2D eigenvalue weighted by molar-refractivity contribution is -0.180. The van der Waals surface area contributed by atoms with Crippen LogP contribution in [0.4, 0.5) is 8.78 Å². The molecule has 4 aromatic rings. The predicted octanol–water partition coefficient (Wildman–Crippen LogP) is 4.81. The van der Waals surface area contributed by atoms with Crippen molar-refractivity contribution in [2.24, 2.45) is 0 Å². The molecule has 0 saturated carbocycles. The van der Waals surface area contributed by atoms with Crippen LogP contribution in [0.5, 0.6) is 0 Å². The molecule has 0 aliphatic carbocycles. The van der Waals surface area contributed by atoms with Crippen molar-refractivity contribution in [3.8, 4) is 17.2 Å². The van der Waals surface area contributed by atoms with Crippen molar-refractivity contribution in [2.75, 3.05) is 13.1 Å². The number of carbonyl (C=O) groups excluding carboxylic acids is 2. The van der Waals surface area contributed by atoms with E-state index in [-0.39, 0.29) is 0 Å². The number of rotatable bonds is 4. The Balaban J connectivity index is 1.39. The average molecular weight is 491 g/mol. The summed E-state index contributed by atoms with van der Waals surface area (Å²) in [5, 5.41) is 14.6. The summed E-state index contributed by atoms with van der Waals surface area (Å²) < 4.78 is 26.8. The SMILES string of the molecule is N#CC1N(C(=O)CNC(=O)c2ccnc3ccc(-c4ccc5cc(Cl)ccc5c4)cc23)CC1(F)F. The number of nitrogens with zero attached hydrogens (tertiary/aromatic N) is 3. The van der Waals surface area contributed by atoms with Gasteiger partial charge >= 0.3 is 0 Å². The molecule has 2 heterocycles. The molecule has 1 aromatic heterocycles. The van der Waals surface area contributed by atoms with Crippen molar-refractivity contribution in [1.29, 1.82) is 5.26 Å². The van der Waals surface area contributed by atoms with Crippen molar-refractivity contribution in [1.82, 2.24) is 15.2 Å². The molecule has 1 atom stereocenters. The lowest BCUT2D eigenvalue weighted by atomic mass is 9.98. The number of aromatic nitrogens is 1. The van der Waals surface area contributed by atoms with Gasteiger partial charge in [-0.25, -0.2) is 8.78 Å². The van der Waals surface area contributed by atoms with Gasteiger partial charge in [0.2, 0.25) is 5.91 Å². The molecule has 1 unspecified atom stereocenters. The maximum absolute atomic E-state index is 13.4. The van der Waals surface area contributed by atoms with Crippen molar-refractivity contribution < 1.29 is 18.4 Å². The first-order valence-electron chi connectivity index (χ1n) is 10.7. The van der Waals surface area contributed by atoms with Crippen LogP contribution >= 0.6 is 11.6 Å². The first kappa shape index (κ1) is 22.7. The van der Waals surface area contributed by atoms with Crippen LogP contribution in [-0.2, 0) is 4.79 Å². The molecule has 6 nitrogen and oxygen atoms in total. The zero-order valence-corrected chi connectivity index (χ0v) is 18.9. The van der Waals surface area contributed by atoms with Gasteiger partial charge in [0.25, 0.3) is 11.8 Å². The summed E-state index contributed by atoms with van der Waals surface area (Å²) in [6, 6.07) is 18.3.